The number of aromatic amines is 1. The summed E-state index contributed by atoms with van der Waals surface area (Å²) in [6.07, 6.45) is 1.53. The molecule has 90 valence electrons. The lowest BCUT2D eigenvalue weighted by Gasteiger charge is -2.00. The number of aryl methyl sites for hydroxylation is 1. The van der Waals surface area contributed by atoms with Crippen LogP contribution < -0.4 is 0 Å². The highest BCUT2D eigenvalue weighted by Crippen LogP contribution is 2.22. The van der Waals surface area contributed by atoms with Crippen molar-refractivity contribution in [2.45, 2.75) is 6.92 Å². The van der Waals surface area contributed by atoms with Crippen LogP contribution in [0.4, 0.5) is 8.78 Å². The Labute approximate surface area is 95.9 Å². The Balaban J connectivity index is 0.000000437. The number of benzene rings is 1. The summed E-state index contributed by atoms with van der Waals surface area (Å²) >= 11 is 0. The van der Waals surface area contributed by atoms with Crippen molar-refractivity contribution in [3.8, 4) is 11.4 Å². The van der Waals surface area contributed by atoms with Crippen molar-refractivity contribution in [1.29, 1.82) is 0 Å². The fraction of sp³-hybridized carbons (Fsp3) is 0.0909. The number of imidazole rings is 1. The van der Waals surface area contributed by atoms with Gasteiger partial charge in [-0.25, -0.2) is 13.8 Å². The zero-order chi connectivity index (χ0) is 12.8. The van der Waals surface area contributed by atoms with Crippen LogP contribution in [0, 0.1) is 18.6 Å². The molecule has 0 amide bonds. The molecule has 0 bridgehead atoms. The highest BCUT2D eigenvalue weighted by Gasteiger charge is 2.12. The number of hydrogen-bond donors (Lipinski definition) is 2. The Bertz CT molecular complexity index is 492. The molecule has 0 saturated carbocycles. The van der Waals surface area contributed by atoms with Crippen LogP contribution in [0.2, 0.25) is 0 Å². The van der Waals surface area contributed by atoms with Gasteiger partial charge in [0, 0.05) is 11.9 Å². The van der Waals surface area contributed by atoms with Crippen LogP contribution in [0.1, 0.15) is 5.69 Å². The molecule has 0 spiro atoms. The van der Waals surface area contributed by atoms with E-state index in [1.54, 1.807) is 6.92 Å². The van der Waals surface area contributed by atoms with E-state index in [1.807, 2.05) is 0 Å². The van der Waals surface area contributed by atoms with Gasteiger partial charge in [-0.05, 0) is 19.1 Å². The van der Waals surface area contributed by atoms with Gasteiger partial charge in [-0.1, -0.05) is 6.07 Å². The summed E-state index contributed by atoms with van der Waals surface area (Å²) in [4.78, 5) is 15.0. The molecule has 2 N–H and O–H groups in total. The van der Waals surface area contributed by atoms with Gasteiger partial charge in [-0.2, -0.15) is 0 Å². The predicted molar refractivity (Wildman–Crippen MR) is 57.4 cm³/mol. The topological polar surface area (TPSA) is 66.0 Å². The maximum Gasteiger partial charge on any atom is 0.290 e. The van der Waals surface area contributed by atoms with E-state index >= 15 is 0 Å². The minimum Gasteiger partial charge on any atom is -0.483 e. The van der Waals surface area contributed by atoms with E-state index in [9.17, 15) is 8.78 Å². The van der Waals surface area contributed by atoms with Crippen LogP contribution in [-0.4, -0.2) is 21.5 Å². The molecule has 1 heterocycles. The number of hydrogen-bond acceptors (Lipinski definition) is 2. The molecule has 2 aromatic rings. The van der Waals surface area contributed by atoms with Gasteiger partial charge in [0.25, 0.3) is 6.47 Å². The van der Waals surface area contributed by atoms with Crippen molar-refractivity contribution < 1.29 is 18.7 Å². The van der Waals surface area contributed by atoms with Gasteiger partial charge >= 0.3 is 0 Å². The largest absolute Gasteiger partial charge is 0.483 e. The van der Waals surface area contributed by atoms with E-state index in [0.717, 1.165) is 5.69 Å². The lowest BCUT2D eigenvalue weighted by atomic mass is 10.2. The third-order valence-corrected chi connectivity index (χ3v) is 1.90. The van der Waals surface area contributed by atoms with Crippen molar-refractivity contribution in [3.05, 3.63) is 41.7 Å². The smallest absolute Gasteiger partial charge is 0.290 e. The Kier molecular flexibility index (Phi) is 4.33. The standard InChI is InChI=1S/C10H8F2N2.CH2O2/c1-6-5-13-10(14-6)9-7(11)3-2-4-8(9)12;2-1-3/h2-5H,1H3,(H,13,14);1H,(H,2,3). The summed E-state index contributed by atoms with van der Waals surface area (Å²) in [5, 5.41) is 6.89. The molecular weight excluding hydrogens is 230 g/mol. The van der Waals surface area contributed by atoms with E-state index in [-0.39, 0.29) is 17.9 Å². The molecule has 0 aliphatic carbocycles. The molecule has 1 aromatic heterocycles. The Morgan fingerprint density at radius 3 is 2.29 bits per heavy atom. The highest BCUT2D eigenvalue weighted by molar-refractivity contribution is 5.56. The molecule has 4 nitrogen and oxygen atoms in total. The van der Waals surface area contributed by atoms with Crippen LogP contribution in [0.3, 0.4) is 0 Å². The average Bonchev–Trinajstić information content (AvgIpc) is 2.66. The quantitative estimate of drug-likeness (QED) is 0.752. The summed E-state index contributed by atoms with van der Waals surface area (Å²) in [5.41, 5.74) is 0.656. The van der Waals surface area contributed by atoms with Crippen molar-refractivity contribution in [2.24, 2.45) is 0 Å². The molecule has 0 saturated heterocycles. The van der Waals surface area contributed by atoms with Crippen LogP contribution in [0.15, 0.2) is 24.4 Å². The van der Waals surface area contributed by atoms with E-state index < -0.39 is 11.6 Å². The molecule has 1 aromatic carbocycles. The first-order chi connectivity index (χ1) is 8.10. The van der Waals surface area contributed by atoms with E-state index in [0.29, 0.717) is 0 Å². The fourth-order valence-electron chi connectivity index (χ4n) is 1.26. The third kappa shape index (κ3) is 3.10. The second kappa shape index (κ2) is 5.74. The first-order valence-corrected chi connectivity index (χ1v) is 4.64. The van der Waals surface area contributed by atoms with Crippen molar-refractivity contribution in [2.75, 3.05) is 0 Å². The van der Waals surface area contributed by atoms with Crippen molar-refractivity contribution in [1.82, 2.24) is 9.97 Å². The maximum atomic E-state index is 13.2. The van der Waals surface area contributed by atoms with Gasteiger partial charge < -0.3 is 10.1 Å². The number of nitrogens with zero attached hydrogens (tertiary/aromatic N) is 1. The SMILES string of the molecule is Cc1cnc(-c2c(F)cccc2F)[nH]1.O=CO. The van der Waals surface area contributed by atoms with E-state index in [1.165, 1.54) is 24.4 Å². The molecule has 0 aliphatic rings. The van der Waals surface area contributed by atoms with E-state index in [2.05, 4.69) is 9.97 Å². The minimum atomic E-state index is -0.612. The minimum absolute atomic E-state index is 0.111. The monoisotopic (exact) mass is 240 g/mol. The molecule has 17 heavy (non-hydrogen) atoms. The number of carboxylic acid groups (broad SMARTS) is 1. The average molecular weight is 240 g/mol. The normalized spacial score (nSPS) is 9.35. The first kappa shape index (κ1) is 12.8. The molecule has 0 fully saturated rings. The second-order valence-electron chi connectivity index (χ2n) is 3.12. The van der Waals surface area contributed by atoms with Gasteiger partial charge in [0.15, 0.2) is 0 Å². The molecule has 2 rings (SSSR count). The summed E-state index contributed by atoms with van der Waals surface area (Å²) in [6.45, 7) is 1.52. The Morgan fingerprint density at radius 2 is 1.88 bits per heavy atom. The molecular formula is C11H10F2N2O2. The maximum absolute atomic E-state index is 13.2. The molecule has 0 atom stereocenters. The summed E-state index contributed by atoms with van der Waals surface area (Å²) in [7, 11) is 0. The summed E-state index contributed by atoms with van der Waals surface area (Å²) in [5.74, 6) is -1.00. The lowest BCUT2D eigenvalue weighted by molar-refractivity contribution is -0.122. The summed E-state index contributed by atoms with van der Waals surface area (Å²) < 4.78 is 26.5. The van der Waals surface area contributed by atoms with Crippen LogP contribution in [0.5, 0.6) is 0 Å². The first-order valence-electron chi connectivity index (χ1n) is 4.64. The lowest BCUT2D eigenvalue weighted by Crippen LogP contribution is -1.91. The third-order valence-electron chi connectivity index (χ3n) is 1.90. The van der Waals surface area contributed by atoms with Crippen molar-refractivity contribution >= 4 is 6.47 Å². The van der Waals surface area contributed by atoms with Gasteiger partial charge in [0.05, 0.1) is 5.56 Å². The Hall–Kier alpha value is -2.24. The zero-order valence-electron chi connectivity index (χ0n) is 8.95. The van der Waals surface area contributed by atoms with Gasteiger partial charge in [-0.15, -0.1) is 0 Å². The van der Waals surface area contributed by atoms with Crippen LogP contribution >= 0.6 is 0 Å². The van der Waals surface area contributed by atoms with Crippen LogP contribution in [-0.2, 0) is 4.79 Å². The molecule has 0 radical (unpaired) electrons. The van der Waals surface area contributed by atoms with Crippen LogP contribution in [0.25, 0.3) is 11.4 Å². The number of aromatic nitrogens is 2. The zero-order valence-corrected chi connectivity index (χ0v) is 8.95. The number of rotatable bonds is 1. The number of H-pyrrole nitrogens is 1. The predicted octanol–water partition coefficient (Wildman–Crippen LogP) is 2.36. The van der Waals surface area contributed by atoms with Gasteiger partial charge in [0.1, 0.15) is 17.5 Å². The number of carbonyl (C=O) groups is 1. The highest BCUT2D eigenvalue weighted by atomic mass is 19.1. The Morgan fingerprint density at radius 1 is 1.35 bits per heavy atom. The molecule has 6 heteroatoms. The number of halogens is 2. The second-order valence-corrected chi connectivity index (χ2v) is 3.12. The number of nitrogens with one attached hydrogen (secondary N) is 1. The van der Waals surface area contributed by atoms with Gasteiger partial charge in [-0.3, -0.25) is 4.79 Å². The summed E-state index contributed by atoms with van der Waals surface area (Å²) in [6, 6.07) is 3.73. The van der Waals surface area contributed by atoms with Crippen molar-refractivity contribution in [3.63, 3.8) is 0 Å². The van der Waals surface area contributed by atoms with E-state index in [4.69, 9.17) is 9.90 Å². The van der Waals surface area contributed by atoms with Gasteiger partial charge in [0.2, 0.25) is 0 Å². The molecule has 0 aliphatic heterocycles. The fourth-order valence-corrected chi connectivity index (χ4v) is 1.26. The molecule has 0 unspecified atom stereocenters.